The molecule has 2 aromatic rings. The maximum absolute atomic E-state index is 12.1. The van der Waals surface area contributed by atoms with E-state index in [-0.39, 0.29) is 12.1 Å². The minimum Gasteiger partial charge on any atom is -0.444 e. The Morgan fingerprint density at radius 3 is 2.91 bits per heavy atom. The number of hydrogen-bond donors (Lipinski definition) is 1. The van der Waals surface area contributed by atoms with Gasteiger partial charge in [0.05, 0.1) is 0 Å². The molecule has 0 spiro atoms. The monoisotopic (exact) mass is 313 g/mol. The van der Waals surface area contributed by atoms with Gasteiger partial charge < -0.3 is 15.0 Å². The first-order chi connectivity index (χ1) is 10.9. The highest BCUT2D eigenvalue weighted by molar-refractivity contribution is 5.84. The summed E-state index contributed by atoms with van der Waals surface area (Å²) in [4.78, 5) is 18.0. The van der Waals surface area contributed by atoms with Gasteiger partial charge in [-0.2, -0.15) is 0 Å². The lowest BCUT2D eigenvalue weighted by Crippen LogP contribution is -2.36. The highest BCUT2D eigenvalue weighted by Gasteiger charge is 2.29. The van der Waals surface area contributed by atoms with E-state index in [0.29, 0.717) is 6.54 Å². The van der Waals surface area contributed by atoms with Gasteiger partial charge in [-0.1, -0.05) is 6.07 Å². The number of rotatable bonds is 2. The summed E-state index contributed by atoms with van der Waals surface area (Å²) in [5.74, 6) is 0. The van der Waals surface area contributed by atoms with Crippen molar-refractivity contribution in [2.45, 2.75) is 38.8 Å². The fourth-order valence-corrected chi connectivity index (χ4v) is 2.78. The summed E-state index contributed by atoms with van der Waals surface area (Å²) in [6.07, 6.45) is 4.35. The number of ether oxygens (including phenoxy) is 1. The molecular formula is C18H23N3O2. The molecule has 0 radical (unpaired) electrons. The smallest absolute Gasteiger partial charge is 0.410 e. The molecule has 2 heterocycles. The summed E-state index contributed by atoms with van der Waals surface area (Å²) in [6.45, 7) is 7.06. The third kappa shape index (κ3) is 3.92. The van der Waals surface area contributed by atoms with Crippen molar-refractivity contribution in [3.05, 3.63) is 36.7 Å². The Morgan fingerprint density at radius 1 is 1.30 bits per heavy atom. The van der Waals surface area contributed by atoms with Crippen molar-refractivity contribution in [3.8, 4) is 0 Å². The van der Waals surface area contributed by atoms with Crippen LogP contribution >= 0.6 is 0 Å². The normalized spacial score (nSPS) is 18.2. The van der Waals surface area contributed by atoms with Gasteiger partial charge in [-0.25, -0.2) is 4.79 Å². The Labute approximate surface area is 136 Å². The van der Waals surface area contributed by atoms with Crippen molar-refractivity contribution in [1.82, 2.24) is 9.88 Å². The van der Waals surface area contributed by atoms with E-state index in [9.17, 15) is 4.79 Å². The Hall–Kier alpha value is -2.30. The van der Waals surface area contributed by atoms with Crippen molar-refractivity contribution >= 4 is 22.6 Å². The highest BCUT2D eigenvalue weighted by atomic mass is 16.6. The summed E-state index contributed by atoms with van der Waals surface area (Å²) < 4.78 is 5.43. The number of nitrogens with zero attached hydrogens (tertiary/aromatic N) is 2. The maximum Gasteiger partial charge on any atom is 0.410 e. The number of carbonyl (C=O) groups excluding carboxylic acids is 1. The lowest BCUT2D eigenvalue weighted by atomic mass is 10.1. The van der Waals surface area contributed by atoms with Crippen molar-refractivity contribution in [2.75, 3.05) is 18.4 Å². The molecule has 3 rings (SSSR count). The van der Waals surface area contributed by atoms with E-state index < -0.39 is 5.60 Å². The van der Waals surface area contributed by atoms with Crippen molar-refractivity contribution in [1.29, 1.82) is 0 Å². The van der Waals surface area contributed by atoms with Crippen molar-refractivity contribution in [2.24, 2.45) is 0 Å². The van der Waals surface area contributed by atoms with E-state index in [0.717, 1.165) is 29.4 Å². The van der Waals surface area contributed by atoms with Crippen molar-refractivity contribution in [3.63, 3.8) is 0 Å². The number of aromatic nitrogens is 1. The van der Waals surface area contributed by atoms with Crippen LogP contribution in [0.2, 0.25) is 0 Å². The largest absolute Gasteiger partial charge is 0.444 e. The van der Waals surface area contributed by atoms with E-state index in [2.05, 4.69) is 28.5 Å². The van der Waals surface area contributed by atoms with E-state index >= 15 is 0 Å². The van der Waals surface area contributed by atoms with Crippen LogP contribution < -0.4 is 5.32 Å². The average molecular weight is 313 g/mol. The molecule has 122 valence electrons. The zero-order chi connectivity index (χ0) is 16.4. The molecule has 1 aliphatic heterocycles. The van der Waals surface area contributed by atoms with Gasteiger partial charge in [-0.05, 0) is 50.8 Å². The Morgan fingerprint density at radius 2 is 2.13 bits per heavy atom. The molecule has 1 amide bonds. The predicted molar refractivity (Wildman–Crippen MR) is 91.6 cm³/mol. The van der Waals surface area contributed by atoms with Crippen LogP contribution in [-0.4, -0.2) is 40.7 Å². The standard InChI is InChI=1S/C18H23N3O2/c1-18(2,3)23-17(22)21-9-7-16(12-21)20-15-5-4-14-11-19-8-6-13(14)10-15/h4-6,8,10-11,16,20H,7,9,12H2,1-3H3. The predicted octanol–water partition coefficient (Wildman–Crippen LogP) is 3.66. The molecule has 1 aliphatic rings. The first-order valence-electron chi connectivity index (χ1n) is 7.99. The maximum atomic E-state index is 12.1. The number of likely N-dealkylation sites (tertiary alicyclic amines) is 1. The van der Waals surface area contributed by atoms with Gasteiger partial charge in [-0.15, -0.1) is 0 Å². The lowest BCUT2D eigenvalue weighted by Gasteiger charge is -2.24. The van der Waals surface area contributed by atoms with Gasteiger partial charge >= 0.3 is 6.09 Å². The van der Waals surface area contributed by atoms with E-state index in [1.165, 1.54) is 0 Å². The fraction of sp³-hybridized carbons (Fsp3) is 0.444. The number of hydrogen-bond acceptors (Lipinski definition) is 4. The molecule has 1 aromatic heterocycles. The van der Waals surface area contributed by atoms with Crippen LogP contribution in [-0.2, 0) is 4.74 Å². The second-order valence-electron chi connectivity index (χ2n) is 6.99. The molecule has 0 aliphatic carbocycles. The molecule has 1 N–H and O–H groups in total. The minimum absolute atomic E-state index is 0.230. The number of fused-ring (bicyclic) bond motifs is 1. The minimum atomic E-state index is -0.449. The van der Waals surface area contributed by atoms with Gasteiger partial charge in [0.25, 0.3) is 0 Å². The summed E-state index contributed by atoms with van der Waals surface area (Å²) in [7, 11) is 0. The average Bonchev–Trinajstić information content (AvgIpc) is 2.94. The first-order valence-corrected chi connectivity index (χ1v) is 7.99. The zero-order valence-corrected chi connectivity index (χ0v) is 13.9. The van der Waals surface area contributed by atoms with Crippen LogP contribution in [0.25, 0.3) is 10.8 Å². The second-order valence-corrected chi connectivity index (χ2v) is 6.99. The van der Waals surface area contributed by atoms with E-state index in [1.807, 2.05) is 33.0 Å². The highest BCUT2D eigenvalue weighted by Crippen LogP contribution is 2.22. The number of benzene rings is 1. The van der Waals surface area contributed by atoms with Gasteiger partial charge in [0.15, 0.2) is 0 Å². The fourth-order valence-electron chi connectivity index (χ4n) is 2.78. The summed E-state index contributed by atoms with van der Waals surface area (Å²) in [6, 6.07) is 8.49. The van der Waals surface area contributed by atoms with Crippen LogP contribution in [0.15, 0.2) is 36.7 Å². The van der Waals surface area contributed by atoms with Crippen LogP contribution in [0, 0.1) is 0 Å². The molecule has 1 aromatic carbocycles. The van der Waals surface area contributed by atoms with Gasteiger partial charge in [0.1, 0.15) is 5.60 Å². The lowest BCUT2D eigenvalue weighted by molar-refractivity contribution is 0.0293. The van der Waals surface area contributed by atoms with Gasteiger partial charge in [-0.3, -0.25) is 4.98 Å². The molecule has 1 atom stereocenters. The zero-order valence-electron chi connectivity index (χ0n) is 13.9. The molecule has 1 saturated heterocycles. The third-order valence-electron chi connectivity index (χ3n) is 3.85. The topological polar surface area (TPSA) is 54.5 Å². The van der Waals surface area contributed by atoms with Gasteiger partial charge in [0, 0.05) is 42.6 Å². The molecule has 0 saturated carbocycles. The molecule has 23 heavy (non-hydrogen) atoms. The number of anilines is 1. The Kier molecular flexibility index (Phi) is 4.11. The number of carbonyl (C=O) groups is 1. The van der Waals surface area contributed by atoms with Crippen molar-refractivity contribution < 1.29 is 9.53 Å². The number of amides is 1. The SMILES string of the molecule is CC(C)(C)OC(=O)N1CCC(Nc2ccc3cnccc3c2)C1. The van der Waals surface area contributed by atoms with E-state index in [1.54, 1.807) is 11.1 Å². The van der Waals surface area contributed by atoms with E-state index in [4.69, 9.17) is 4.74 Å². The third-order valence-corrected chi connectivity index (χ3v) is 3.85. The van der Waals surface area contributed by atoms with Crippen LogP contribution in [0.5, 0.6) is 0 Å². The number of pyridine rings is 1. The van der Waals surface area contributed by atoms with Gasteiger partial charge in [0.2, 0.25) is 0 Å². The molecule has 1 unspecified atom stereocenters. The summed E-state index contributed by atoms with van der Waals surface area (Å²) >= 11 is 0. The quantitative estimate of drug-likeness (QED) is 0.919. The first kappa shape index (κ1) is 15.6. The second kappa shape index (κ2) is 6.07. The number of nitrogens with one attached hydrogen (secondary N) is 1. The summed E-state index contributed by atoms with van der Waals surface area (Å²) in [5, 5.41) is 5.79. The molecule has 1 fully saturated rings. The summed E-state index contributed by atoms with van der Waals surface area (Å²) in [5.41, 5.74) is 0.620. The molecular weight excluding hydrogens is 290 g/mol. The molecule has 5 heteroatoms. The Bertz CT molecular complexity index is 709. The van der Waals surface area contributed by atoms with Crippen LogP contribution in [0.1, 0.15) is 27.2 Å². The Balaban J connectivity index is 1.61. The molecule has 0 bridgehead atoms. The van der Waals surface area contributed by atoms with Crippen LogP contribution in [0.3, 0.4) is 0 Å². The van der Waals surface area contributed by atoms with Crippen LogP contribution in [0.4, 0.5) is 10.5 Å². The molecule has 5 nitrogen and oxygen atoms in total.